The molecular formula is C21H15ClF2N4O. The molecule has 4 aromatic rings. The lowest BCUT2D eigenvalue weighted by molar-refractivity contribution is 0.262. The first-order valence-corrected chi connectivity index (χ1v) is 9.07. The first-order chi connectivity index (χ1) is 13.9. The maximum atomic E-state index is 14.4. The van der Waals surface area contributed by atoms with Gasteiger partial charge in [0.05, 0.1) is 0 Å². The van der Waals surface area contributed by atoms with Gasteiger partial charge in [-0.05, 0) is 61.0 Å². The number of nitrogens with zero attached hydrogens (tertiary/aromatic N) is 2. The molecule has 29 heavy (non-hydrogen) atoms. The minimum atomic E-state index is -1.03. The van der Waals surface area contributed by atoms with Crippen LogP contribution in [0.5, 0.6) is 0 Å². The van der Waals surface area contributed by atoms with E-state index in [0.717, 1.165) is 11.6 Å². The molecule has 2 aromatic heterocycles. The number of urea groups is 1. The molecule has 8 heteroatoms. The molecule has 2 N–H and O–H groups in total. The van der Waals surface area contributed by atoms with Crippen LogP contribution in [0, 0.1) is 18.6 Å². The summed E-state index contributed by atoms with van der Waals surface area (Å²) in [5, 5.41) is 5.90. The number of anilines is 2. The van der Waals surface area contributed by atoms with E-state index in [1.807, 2.05) is 13.0 Å². The van der Waals surface area contributed by atoms with E-state index in [1.54, 1.807) is 40.9 Å². The van der Waals surface area contributed by atoms with E-state index < -0.39 is 17.7 Å². The van der Waals surface area contributed by atoms with Crippen LogP contribution in [-0.4, -0.2) is 15.4 Å². The topological polar surface area (TPSA) is 58.4 Å². The van der Waals surface area contributed by atoms with E-state index >= 15 is 0 Å². The molecule has 0 atom stereocenters. The Balaban J connectivity index is 1.76. The second-order valence-corrected chi connectivity index (χ2v) is 6.87. The van der Waals surface area contributed by atoms with Crippen molar-refractivity contribution >= 4 is 34.8 Å². The first-order valence-electron chi connectivity index (χ1n) is 8.69. The van der Waals surface area contributed by atoms with Gasteiger partial charge in [-0.25, -0.2) is 18.6 Å². The summed E-state index contributed by atoms with van der Waals surface area (Å²) in [6.07, 6.45) is 1.70. The Hall–Kier alpha value is -3.45. The Bertz CT molecular complexity index is 1220. The fourth-order valence-electron chi connectivity index (χ4n) is 2.94. The lowest BCUT2D eigenvalue weighted by atomic mass is 10.1. The summed E-state index contributed by atoms with van der Waals surface area (Å²) in [4.78, 5) is 17.0. The van der Waals surface area contributed by atoms with E-state index in [9.17, 15) is 13.6 Å². The minimum Gasteiger partial charge on any atom is -0.308 e. The first kappa shape index (κ1) is 18.9. The number of hydrogen-bond acceptors (Lipinski definition) is 2. The highest BCUT2D eigenvalue weighted by molar-refractivity contribution is 6.30. The predicted octanol–water partition coefficient (Wildman–Crippen LogP) is 5.89. The van der Waals surface area contributed by atoms with Gasteiger partial charge in [0.2, 0.25) is 0 Å². The molecule has 0 saturated heterocycles. The molecule has 0 bridgehead atoms. The number of aromatic nitrogens is 2. The number of halogens is 3. The standard InChI is InChI=1S/C21H15ClF2N4O/c1-12-9-10-28-17(11-12)26-19(15-3-2-4-16(23)18(15)24)20(28)27-21(29)25-14-7-5-13(22)6-8-14/h2-11H,1H3,(H2,25,27,29). The van der Waals surface area contributed by atoms with Crippen LogP contribution in [0.2, 0.25) is 5.02 Å². The van der Waals surface area contributed by atoms with Crippen LogP contribution in [0.15, 0.2) is 60.8 Å². The molecule has 4 rings (SSSR count). The molecule has 0 saturated carbocycles. The lowest BCUT2D eigenvalue weighted by Crippen LogP contribution is -2.20. The van der Waals surface area contributed by atoms with Crippen LogP contribution >= 0.6 is 11.6 Å². The molecule has 0 radical (unpaired) electrons. The van der Waals surface area contributed by atoms with Crippen molar-refractivity contribution in [3.63, 3.8) is 0 Å². The quantitative estimate of drug-likeness (QED) is 0.441. The van der Waals surface area contributed by atoms with E-state index in [1.165, 1.54) is 12.1 Å². The van der Waals surface area contributed by atoms with E-state index in [0.29, 0.717) is 16.4 Å². The number of aryl methyl sites for hydroxylation is 1. The van der Waals surface area contributed by atoms with Crippen molar-refractivity contribution in [3.8, 4) is 11.3 Å². The molecule has 0 aliphatic carbocycles. The maximum Gasteiger partial charge on any atom is 0.324 e. The Kier molecular flexibility index (Phi) is 4.90. The fraction of sp³-hybridized carbons (Fsp3) is 0.0476. The number of fused-ring (bicyclic) bond motifs is 1. The van der Waals surface area contributed by atoms with Gasteiger partial charge >= 0.3 is 6.03 Å². The van der Waals surface area contributed by atoms with Crippen molar-refractivity contribution in [1.29, 1.82) is 0 Å². The molecule has 0 aliphatic rings. The van der Waals surface area contributed by atoms with Crippen molar-refractivity contribution in [2.45, 2.75) is 6.92 Å². The van der Waals surface area contributed by atoms with Crippen LogP contribution < -0.4 is 10.6 Å². The summed E-state index contributed by atoms with van der Waals surface area (Å²) in [7, 11) is 0. The third-order valence-corrected chi connectivity index (χ3v) is 4.57. The van der Waals surface area contributed by atoms with E-state index in [-0.39, 0.29) is 17.1 Å². The fourth-order valence-corrected chi connectivity index (χ4v) is 3.07. The maximum absolute atomic E-state index is 14.4. The number of imidazole rings is 1. The van der Waals surface area contributed by atoms with Crippen molar-refractivity contribution in [2.24, 2.45) is 0 Å². The van der Waals surface area contributed by atoms with Gasteiger partial charge in [-0.2, -0.15) is 0 Å². The van der Waals surface area contributed by atoms with E-state index in [4.69, 9.17) is 11.6 Å². The SMILES string of the molecule is Cc1ccn2c(NC(=O)Nc3ccc(Cl)cc3)c(-c3cccc(F)c3F)nc2c1. The summed E-state index contributed by atoms with van der Waals surface area (Å²) in [6, 6.07) is 13.4. The monoisotopic (exact) mass is 412 g/mol. The lowest BCUT2D eigenvalue weighted by Gasteiger charge is -2.10. The normalized spacial score (nSPS) is 10.9. The second-order valence-electron chi connectivity index (χ2n) is 6.43. The van der Waals surface area contributed by atoms with Gasteiger partial charge in [0.25, 0.3) is 0 Å². The molecule has 0 aliphatic heterocycles. The molecule has 0 unspecified atom stereocenters. The highest BCUT2D eigenvalue weighted by Crippen LogP contribution is 2.32. The predicted molar refractivity (Wildman–Crippen MR) is 109 cm³/mol. The molecule has 2 amide bonds. The smallest absolute Gasteiger partial charge is 0.308 e. The third kappa shape index (κ3) is 3.77. The number of amides is 2. The highest BCUT2D eigenvalue weighted by atomic mass is 35.5. The largest absolute Gasteiger partial charge is 0.324 e. The molecule has 0 spiro atoms. The number of carbonyl (C=O) groups excluding carboxylic acids is 1. The summed E-state index contributed by atoms with van der Waals surface area (Å²) < 4.78 is 29.8. The molecule has 2 aromatic carbocycles. The van der Waals surface area contributed by atoms with Gasteiger partial charge in [-0.3, -0.25) is 9.72 Å². The Morgan fingerprint density at radius 1 is 1.07 bits per heavy atom. The Morgan fingerprint density at radius 2 is 1.83 bits per heavy atom. The number of benzene rings is 2. The van der Waals surface area contributed by atoms with Crippen LogP contribution in [-0.2, 0) is 0 Å². The molecule has 0 fully saturated rings. The zero-order chi connectivity index (χ0) is 20.5. The van der Waals surface area contributed by atoms with Crippen LogP contribution in [0.1, 0.15) is 5.56 Å². The zero-order valence-corrected chi connectivity index (χ0v) is 16.0. The Labute approximate surface area is 170 Å². The van der Waals surface area contributed by atoms with Gasteiger partial charge in [-0.1, -0.05) is 17.7 Å². The minimum absolute atomic E-state index is 0.0480. The van der Waals surface area contributed by atoms with Gasteiger partial charge in [0.1, 0.15) is 17.2 Å². The molecule has 2 heterocycles. The number of pyridine rings is 1. The van der Waals surface area contributed by atoms with Crippen molar-refractivity contribution in [2.75, 3.05) is 10.6 Å². The van der Waals surface area contributed by atoms with Crippen molar-refractivity contribution < 1.29 is 13.6 Å². The van der Waals surface area contributed by atoms with Crippen molar-refractivity contribution in [1.82, 2.24) is 9.38 Å². The molecule has 146 valence electrons. The average Bonchev–Trinajstić information content (AvgIpc) is 3.03. The summed E-state index contributed by atoms with van der Waals surface area (Å²) in [5.74, 6) is -1.81. The van der Waals surface area contributed by atoms with Gasteiger partial charge in [-0.15, -0.1) is 0 Å². The van der Waals surface area contributed by atoms with Gasteiger partial charge in [0, 0.05) is 22.5 Å². The number of carbonyl (C=O) groups is 1. The van der Waals surface area contributed by atoms with Crippen LogP contribution in [0.3, 0.4) is 0 Å². The second kappa shape index (κ2) is 7.52. The summed E-state index contributed by atoms with van der Waals surface area (Å²) in [5.41, 5.74) is 2.03. The summed E-state index contributed by atoms with van der Waals surface area (Å²) >= 11 is 5.85. The van der Waals surface area contributed by atoms with Crippen LogP contribution in [0.4, 0.5) is 25.1 Å². The number of nitrogens with one attached hydrogen (secondary N) is 2. The molecule has 5 nitrogen and oxygen atoms in total. The number of hydrogen-bond donors (Lipinski definition) is 2. The zero-order valence-electron chi connectivity index (χ0n) is 15.2. The summed E-state index contributed by atoms with van der Waals surface area (Å²) in [6.45, 7) is 1.89. The third-order valence-electron chi connectivity index (χ3n) is 4.32. The molecular weight excluding hydrogens is 398 g/mol. The number of rotatable bonds is 3. The highest BCUT2D eigenvalue weighted by Gasteiger charge is 2.20. The average molecular weight is 413 g/mol. The van der Waals surface area contributed by atoms with Crippen LogP contribution in [0.25, 0.3) is 16.9 Å². The Morgan fingerprint density at radius 3 is 2.59 bits per heavy atom. The van der Waals surface area contributed by atoms with Gasteiger partial charge in [0.15, 0.2) is 11.6 Å². The van der Waals surface area contributed by atoms with Gasteiger partial charge < -0.3 is 5.32 Å². The van der Waals surface area contributed by atoms with Crippen molar-refractivity contribution in [3.05, 3.63) is 83.0 Å². The van der Waals surface area contributed by atoms with E-state index in [2.05, 4.69) is 15.6 Å².